The zero-order valence-electron chi connectivity index (χ0n) is 24.4. The van der Waals surface area contributed by atoms with Gasteiger partial charge in [0.05, 0.1) is 6.20 Å². The number of anilines is 1. The molecule has 1 aliphatic heterocycles. The van der Waals surface area contributed by atoms with Gasteiger partial charge in [-0.2, -0.15) is 0 Å². The Morgan fingerprint density at radius 2 is 1.81 bits per heavy atom. The van der Waals surface area contributed by atoms with Crippen LogP contribution in [0.5, 0.6) is 11.5 Å². The lowest BCUT2D eigenvalue weighted by molar-refractivity contribution is 0.0694. The number of allylic oxidation sites excluding steroid dienone is 1. The monoisotopic (exact) mass is 584 g/mol. The summed E-state index contributed by atoms with van der Waals surface area (Å²) in [6.07, 6.45) is 6.97. The molecule has 0 saturated carbocycles. The molecule has 7 nitrogen and oxygen atoms in total. The number of carbonyl (C=O) groups is 1. The van der Waals surface area contributed by atoms with Crippen molar-refractivity contribution in [2.45, 2.75) is 33.1 Å². The zero-order chi connectivity index (χ0) is 29.4. The summed E-state index contributed by atoms with van der Waals surface area (Å²) in [6, 6.07) is 17.5. The molecule has 4 aromatic rings. The summed E-state index contributed by atoms with van der Waals surface area (Å²) >= 11 is 6.19. The molecule has 8 heteroatoms. The van der Waals surface area contributed by atoms with E-state index in [4.69, 9.17) is 16.3 Å². The number of hydrogen-bond acceptors (Lipinski definition) is 5. The molecule has 2 aromatic carbocycles. The number of rotatable bonds is 7. The summed E-state index contributed by atoms with van der Waals surface area (Å²) < 4.78 is 8.05. The molecular formula is C34H37ClN4O3. The van der Waals surface area contributed by atoms with E-state index in [1.807, 2.05) is 54.2 Å². The van der Waals surface area contributed by atoms with Gasteiger partial charge in [0, 0.05) is 68.1 Å². The fourth-order valence-electron chi connectivity index (χ4n) is 6.18. The fourth-order valence-corrected chi connectivity index (χ4v) is 6.31. The first kappa shape index (κ1) is 28.3. The van der Waals surface area contributed by atoms with Gasteiger partial charge in [-0.25, -0.2) is 9.78 Å². The fraction of sp³-hybridized carbons (Fsp3) is 0.353. The molecule has 0 bridgehead atoms. The lowest BCUT2D eigenvalue weighted by Gasteiger charge is -2.39. The number of aromatic carboxylic acids is 1. The number of nitrogens with zero attached hydrogens (tertiary/aromatic N) is 4. The number of ether oxygens (including phenoxy) is 1. The molecule has 0 spiro atoms. The van der Waals surface area contributed by atoms with Crippen molar-refractivity contribution in [1.29, 1.82) is 0 Å². The van der Waals surface area contributed by atoms with E-state index < -0.39 is 5.97 Å². The molecule has 1 fully saturated rings. The molecule has 2 aliphatic rings. The van der Waals surface area contributed by atoms with Crippen LogP contribution in [0.3, 0.4) is 0 Å². The van der Waals surface area contributed by atoms with Gasteiger partial charge in [-0.3, -0.25) is 4.90 Å². The van der Waals surface area contributed by atoms with Crippen molar-refractivity contribution in [3.63, 3.8) is 0 Å². The second kappa shape index (κ2) is 11.5. The van der Waals surface area contributed by atoms with Gasteiger partial charge in [-0.1, -0.05) is 43.2 Å². The number of carboxylic acids is 1. The molecule has 2 aromatic heterocycles. The van der Waals surface area contributed by atoms with Crippen LogP contribution >= 0.6 is 11.6 Å². The Hall–Kier alpha value is -3.81. The van der Waals surface area contributed by atoms with Crippen molar-refractivity contribution in [1.82, 2.24) is 14.5 Å². The SMILES string of the molecule is Cn1ccc2cc(Oc3cc(N4CCN(CC5=C(c6ccc(Cl)cc6)CC(C)(C)CC5)CC4)ccc3C(=O)O)cnc21. The van der Waals surface area contributed by atoms with E-state index in [0.29, 0.717) is 16.9 Å². The second-order valence-corrected chi connectivity index (χ2v) is 12.7. The van der Waals surface area contributed by atoms with E-state index in [0.717, 1.165) is 67.3 Å². The second-order valence-electron chi connectivity index (χ2n) is 12.3. The van der Waals surface area contributed by atoms with E-state index in [-0.39, 0.29) is 5.56 Å². The van der Waals surface area contributed by atoms with E-state index in [1.165, 1.54) is 23.1 Å². The number of piperazine rings is 1. The number of hydrogen-bond donors (Lipinski definition) is 1. The van der Waals surface area contributed by atoms with Gasteiger partial charge in [0.15, 0.2) is 0 Å². The molecular weight excluding hydrogens is 548 g/mol. The Morgan fingerprint density at radius 3 is 2.55 bits per heavy atom. The highest BCUT2D eigenvalue weighted by Gasteiger charge is 2.29. The lowest BCUT2D eigenvalue weighted by atomic mass is 9.72. The molecule has 1 aliphatic carbocycles. The Balaban J connectivity index is 1.17. The predicted molar refractivity (Wildman–Crippen MR) is 169 cm³/mol. The molecule has 0 atom stereocenters. The van der Waals surface area contributed by atoms with E-state index in [9.17, 15) is 9.90 Å². The Bertz CT molecular complexity index is 1650. The maximum atomic E-state index is 12.0. The molecule has 0 amide bonds. The third-order valence-electron chi connectivity index (χ3n) is 8.64. The van der Waals surface area contributed by atoms with Gasteiger partial charge in [0.1, 0.15) is 22.7 Å². The predicted octanol–water partition coefficient (Wildman–Crippen LogP) is 7.50. The average molecular weight is 585 g/mol. The van der Waals surface area contributed by atoms with Crippen LogP contribution in [0.2, 0.25) is 5.02 Å². The quantitative estimate of drug-likeness (QED) is 0.242. The smallest absolute Gasteiger partial charge is 0.339 e. The molecule has 1 N–H and O–H groups in total. The third kappa shape index (κ3) is 6.03. The minimum atomic E-state index is -1.02. The first-order chi connectivity index (χ1) is 20.1. The van der Waals surface area contributed by atoms with Crippen molar-refractivity contribution in [3.8, 4) is 11.5 Å². The minimum Gasteiger partial charge on any atom is -0.478 e. The van der Waals surface area contributed by atoms with Gasteiger partial charge in [-0.15, -0.1) is 0 Å². The minimum absolute atomic E-state index is 0.132. The number of pyridine rings is 1. The Labute approximate surface area is 252 Å². The van der Waals surface area contributed by atoms with Crippen LogP contribution in [0.1, 0.15) is 49.0 Å². The maximum absolute atomic E-state index is 12.0. The number of aromatic nitrogens is 2. The first-order valence-corrected chi connectivity index (χ1v) is 14.9. The summed E-state index contributed by atoms with van der Waals surface area (Å²) in [6.45, 7) is 9.30. The normalized spacial score (nSPS) is 17.6. The zero-order valence-corrected chi connectivity index (χ0v) is 25.2. The molecule has 1 saturated heterocycles. The summed E-state index contributed by atoms with van der Waals surface area (Å²) in [5.41, 5.74) is 6.53. The lowest BCUT2D eigenvalue weighted by Crippen LogP contribution is -2.47. The van der Waals surface area contributed by atoms with Crippen LogP contribution in [-0.4, -0.2) is 58.3 Å². The van der Waals surface area contributed by atoms with Gasteiger partial charge in [-0.05, 0) is 72.2 Å². The summed E-state index contributed by atoms with van der Waals surface area (Å²) in [7, 11) is 1.94. The number of benzene rings is 2. The molecule has 0 radical (unpaired) electrons. The van der Waals surface area contributed by atoms with E-state index >= 15 is 0 Å². The number of aryl methyl sites for hydroxylation is 1. The first-order valence-electron chi connectivity index (χ1n) is 14.6. The Morgan fingerprint density at radius 1 is 1.05 bits per heavy atom. The number of halogens is 1. The molecule has 218 valence electrons. The topological polar surface area (TPSA) is 70.8 Å². The highest BCUT2D eigenvalue weighted by molar-refractivity contribution is 6.30. The van der Waals surface area contributed by atoms with E-state index in [2.05, 4.69) is 40.8 Å². The standard InChI is InChI=1S/C34H37ClN4O3/c1-34(2)12-10-25(30(20-34)23-4-6-26(35)7-5-23)22-38-14-16-39(17-15-38)27-8-9-29(33(40)41)31(19-27)42-28-18-24-11-13-37(3)32(24)36-21-28/h4-9,11,13,18-19,21H,10,12,14-17,20,22H2,1-3H3,(H,40,41). The van der Waals surface area contributed by atoms with Crippen LogP contribution in [0.4, 0.5) is 5.69 Å². The van der Waals surface area contributed by atoms with Crippen LogP contribution in [0, 0.1) is 5.41 Å². The van der Waals surface area contributed by atoms with Gasteiger partial charge in [0.25, 0.3) is 0 Å². The van der Waals surface area contributed by atoms with Gasteiger partial charge >= 0.3 is 5.97 Å². The Kier molecular flexibility index (Phi) is 7.73. The maximum Gasteiger partial charge on any atom is 0.339 e. The van der Waals surface area contributed by atoms with Gasteiger partial charge < -0.3 is 19.3 Å². The van der Waals surface area contributed by atoms with Crippen molar-refractivity contribution < 1.29 is 14.6 Å². The summed E-state index contributed by atoms with van der Waals surface area (Å²) in [5.74, 6) is -0.184. The highest BCUT2D eigenvalue weighted by atomic mass is 35.5. The molecule has 3 heterocycles. The van der Waals surface area contributed by atoms with Crippen molar-refractivity contribution in [2.75, 3.05) is 37.6 Å². The largest absolute Gasteiger partial charge is 0.478 e. The average Bonchev–Trinajstić information content (AvgIpc) is 3.34. The highest BCUT2D eigenvalue weighted by Crippen LogP contribution is 2.43. The van der Waals surface area contributed by atoms with Crippen molar-refractivity contribution >= 4 is 39.9 Å². The van der Waals surface area contributed by atoms with Crippen LogP contribution < -0.4 is 9.64 Å². The van der Waals surface area contributed by atoms with E-state index in [1.54, 1.807) is 12.3 Å². The van der Waals surface area contributed by atoms with Crippen molar-refractivity contribution in [2.24, 2.45) is 12.5 Å². The molecule has 42 heavy (non-hydrogen) atoms. The summed E-state index contributed by atoms with van der Waals surface area (Å²) in [4.78, 5) is 21.3. The molecule has 0 unspecified atom stereocenters. The van der Waals surface area contributed by atoms with Crippen LogP contribution in [0.25, 0.3) is 16.6 Å². The van der Waals surface area contributed by atoms with Gasteiger partial charge in [0.2, 0.25) is 0 Å². The third-order valence-corrected chi connectivity index (χ3v) is 8.89. The number of carboxylic acid groups (broad SMARTS) is 1. The number of fused-ring (bicyclic) bond motifs is 1. The van der Waals surface area contributed by atoms with Crippen LogP contribution in [-0.2, 0) is 7.05 Å². The van der Waals surface area contributed by atoms with Crippen LogP contribution in [0.15, 0.2) is 72.6 Å². The molecule has 6 rings (SSSR count). The van der Waals surface area contributed by atoms with Crippen molar-refractivity contribution in [3.05, 3.63) is 88.7 Å². The summed E-state index contributed by atoms with van der Waals surface area (Å²) in [5, 5.41) is 11.5.